The number of anilines is 1. The lowest BCUT2D eigenvalue weighted by molar-refractivity contribution is 0.203. The van der Waals surface area contributed by atoms with Gasteiger partial charge in [-0.15, -0.1) is 0 Å². The molecule has 4 aromatic rings. The van der Waals surface area contributed by atoms with Crippen LogP contribution in [0.1, 0.15) is 37.5 Å². The van der Waals surface area contributed by atoms with Crippen molar-refractivity contribution in [2.45, 2.75) is 39.7 Å². The monoisotopic (exact) mass is 514 g/mol. The Morgan fingerprint density at radius 2 is 1.69 bits per heavy atom. The maximum absolute atomic E-state index is 14.2. The third-order valence-electron chi connectivity index (χ3n) is 5.94. The number of halogens is 4. The van der Waals surface area contributed by atoms with Crippen LogP contribution in [0.4, 0.5) is 23.7 Å². The Kier molecular flexibility index (Phi) is 7.89. The molecule has 0 fully saturated rings. The molecule has 1 heterocycles. The number of unbranched alkanes of at least 4 members (excludes halogenated alkanes) is 2. The number of carbonyl (C=O) groups is 1. The van der Waals surface area contributed by atoms with Crippen molar-refractivity contribution in [3.8, 4) is 11.1 Å². The van der Waals surface area contributed by atoms with Gasteiger partial charge < -0.3 is 14.6 Å². The van der Waals surface area contributed by atoms with Crippen LogP contribution in [-0.2, 0) is 6.54 Å². The SMILES string of the molecule is CCCCCN(Cc1oc2ccc(C)cc2c1-c1ccc(Cl)cc1)C(=O)Nc1c(F)cc(F)cc1F. The molecule has 3 aromatic carbocycles. The molecule has 2 amide bonds. The van der Waals surface area contributed by atoms with Gasteiger partial charge in [0.05, 0.1) is 6.54 Å². The van der Waals surface area contributed by atoms with Crippen molar-refractivity contribution in [3.05, 3.63) is 88.4 Å². The van der Waals surface area contributed by atoms with Crippen molar-refractivity contribution in [3.63, 3.8) is 0 Å². The maximum Gasteiger partial charge on any atom is 0.322 e. The first-order valence-corrected chi connectivity index (χ1v) is 12.1. The van der Waals surface area contributed by atoms with E-state index in [1.807, 2.05) is 44.2 Å². The summed E-state index contributed by atoms with van der Waals surface area (Å²) in [6.45, 7) is 4.41. The van der Waals surface area contributed by atoms with Crippen LogP contribution < -0.4 is 5.32 Å². The number of aryl methyl sites for hydroxylation is 1. The van der Waals surface area contributed by atoms with Crippen LogP contribution in [0.3, 0.4) is 0 Å². The van der Waals surface area contributed by atoms with E-state index in [4.69, 9.17) is 16.0 Å². The Balaban J connectivity index is 1.72. The molecular formula is C28H26ClF3N2O2. The van der Waals surface area contributed by atoms with Crippen LogP contribution in [0.2, 0.25) is 5.02 Å². The first kappa shape index (κ1) is 25.6. The molecular weight excluding hydrogens is 489 g/mol. The van der Waals surface area contributed by atoms with E-state index in [1.54, 1.807) is 12.1 Å². The molecule has 0 bridgehead atoms. The van der Waals surface area contributed by atoms with Crippen molar-refractivity contribution in [2.24, 2.45) is 0 Å². The summed E-state index contributed by atoms with van der Waals surface area (Å²) in [4.78, 5) is 14.6. The Labute approximate surface area is 212 Å². The molecule has 4 nitrogen and oxygen atoms in total. The Hall–Kier alpha value is -3.45. The highest BCUT2D eigenvalue weighted by molar-refractivity contribution is 6.30. The minimum absolute atomic E-state index is 0.0612. The minimum atomic E-state index is -1.18. The Morgan fingerprint density at radius 3 is 2.36 bits per heavy atom. The summed E-state index contributed by atoms with van der Waals surface area (Å²) in [6.07, 6.45) is 2.48. The smallest absolute Gasteiger partial charge is 0.322 e. The van der Waals surface area contributed by atoms with E-state index >= 15 is 0 Å². The van der Waals surface area contributed by atoms with Gasteiger partial charge in [0.25, 0.3) is 0 Å². The molecule has 0 atom stereocenters. The summed E-state index contributed by atoms with van der Waals surface area (Å²) in [5.74, 6) is -2.90. The quantitative estimate of drug-likeness (QED) is 0.239. The lowest BCUT2D eigenvalue weighted by Gasteiger charge is -2.23. The number of urea groups is 1. The van der Waals surface area contributed by atoms with E-state index in [0.29, 0.717) is 41.5 Å². The lowest BCUT2D eigenvalue weighted by Crippen LogP contribution is -2.35. The van der Waals surface area contributed by atoms with Gasteiger partial charge >= 0.3 is 6.03 Å². The fraction of sp³-hybridized carbons (Fsp3) is 0.250. The van der Waals surface area contributed by atoms with Crippen molar-refractivity contribution >= 4 is 34.3 Å². The molecule has 188 valence electrons. The molecule has 36 heavy (non-hydrogen) atoms. The van der Waals surface area contributed by atoms with Crippen LogP contribution in [0.5, 0.6) is 0 Å². The van der Waals surface area contributed by atoms with Gasteiger partial charge in [-0.25, -0.2) is 18.0 Å². The zero-order chi connectivity index (χ0) is 25.8. The van der Waals surface area contributed by atoms with Gasteiger partial charge in [-0.3, -0.25) is 0 Å². The van der Waals surface area contributed by atoms with Gasteiger partial charge in [-0.05, 0) is 43.2 Å². The summed E-state index contributed by atoms with van der Waals surface area (Å²) in [7, 11) is 0. The first-order valence-electron chi connectivity index (χ1n) is 11.7. The summed E-state index contributed by atoms with van der Waals surface area (Å²) >= 11 is 6.10. The number of furan rings is 1. The molecule has 0 unspecified atom stereocenters. The molecule has 0 spiro atoms. The lowest BCUT2D eigenvalue weighted by atomic mass is 10.0. The van der Waals surface area contributed by atoms with Gasteiger partial charge in [0.2, 0.25) is 0 Å². The average molecular weight is 515 g/mol. The number of hydrogen-bond donors (Lipinski definition) is 1. The zero-order valence-electron chi connectivity index (χ0n) is 20.0. The molecule has 1 aromatic heterocycles. The highest BCUT2D eigenvalue weighted by Crippen LogP contribution is 2.37. The van der Waals surface area contributed by atoms with Gasteiger partial charge in [0.1, 0.15) is 22.8 Å². The molecule has 0 saturated carbocycles. The zero-order valence-corrected chi connectivity index (χ0v) is 20.8. The normalized spacial score (nSPS) is 11.2. The molecule has 4 rings (SSSR count). The number of amides is 2. The highest BCUT2D eigenvalue weighted by atomic mass is 35.5. The Bertz CT molecular complexity index is 1360. The fourth-order valence-corrected chi connectivity index (χ4v) is 4.26. The van der Waals surface area contributed by atoms with Gasteiger partial charge in [0, 0.05) is 34.6 Å². The minimum Gasteiger partial charge on any atom is -0.459 e. The van der Waals surface area contributed by atoms with Crippen LogP contribution in [0, 0.1) is 24.4 Å². The maximum atomic E-state index is 14.2. The van der Waals surface area contributed by atoms with Crippen LogP contribution in [0.25, 0.3) is 22.1 Å². The van der Waals surface area contributed by atoms with Crippen LogP contribution >= 0.6 is 11.6 Å². The van der Waals surface area contributed by atoms with Crippen LogP contribution in [-0.4, -0.2) is 17.5 Å². The first-order chi connectivity index (χ1) is 17.3. The number of fused-ring (bicyclic) bond motifs is 1. The van der Waals surface area contributed by atoms with Crippen molar-refractivity contribution in [2.75, 3.05) is 11.9 Å². The van der Waals surface area contributed by atoms with E-state index in [0.717, 1.165) is 34.9 Å². The standard InChI is InChI=1S/C28H26ClF3N2O2/c1-3-4-5-12-34(28(35)33-27-22(31)14-20(30)15-23(27)32)16-25-26(18-7-9-19(29)10-8-18)21-13-17(2)6-11-24(21)36-25/h6-11,13-15H,3-5,12,16H2,1-2H3,(H,33,35). The molecule has 0 saturated heterocycles. The number of carbonyl (C=O) groups excluding carboxylic acids is 1. The molecule has 0 radical (unpaired) electrons. The van der Waals surface area contributed by atoms with Gasteiger partial charge in [-0.1, -0.05) is 55.1 Å². The van der Waals surface area contributed by atoms with Crippen molar-refractivity contribution in [1.82, 2.24) is 4.90 Å². The highest BCUT2D eigenvalue weighted by Gasteiger charge is 2.23. The molecule has 0 aliphatic carbocycles. The van der Waals surface area contributed by atoms with E-state index in [1.165, 1.54) is 4.90 Å². The largest absolute Gasteiger partial charge is 0.459 e. The number of rotatable bonds is 8. The summed E-state index contributed by atoms with van der Waals surface area (Å²) in [5, 5.41) is 3.75. The van der Waals surface area contributed by atoms with Crippen molar-refractivity contribution in [1.29, 1.82) is 0 Å². The second-order valence-corrected chi connectivity index (χ2v) is 9.15. The third-order valence-corrected chi connectivity index (χ3v) is 6.19. The second-order valence-electron chi connectivity index (χ2n) is 8.71. The predicted molar refractivity (Wildman–Crippen MR) is 137 cm³/mol. The summed E-state index contributed by atoms with van der Waals surface area (Å²) < 4.78 is 48.0. The summed E-state index contributed by atoms with van der Waals surface area (Å²) in [6, 6.07) is 13.5. The van der Waals surface area contributed by atoms with E-state index < -0.39 is 29.2 Å². The van der Waals surface area contributed by atoms with Crippen LogP contribution in [0.15, 0.2) is 59.0 Å². The van der Waals surface area contributed by atoms with Gasteiger partial charge in [0.15, 0.2) is 11.6 Å². The van der Waals surface area contributed by atoms with E-state index in [2.05, 4.69) is 5.32 Å². The predicted octanol–water partition coefficient (Wildman–Crippen LogP) is 8.70. The second kappa shape index (κ2) is 11.1. The number of nitrogens with one attached hydrogen (secondary N) is 1. The molecule has 1 N–H and O–H groups in total. The molecule has 8 heteroatoms. The average Bonchev–Trinajstić information content (AvgIpc) is 3.18. The van der Waals surface area contributed by atoms with E-state index in [-0.39, 0.29) is 6.54 Å². The fourth-order valence-electron chi connectivity index (χ4n) is 4.13. The topological polar surface area (TPSA) is 45.5 Å². The van der Waals surface area contributed by atoms with Crippen molar-refractivity contribution < 1.29 is 22.4 Å². The third kappa shape index (κ3) is 5.68. The van der Waals surface area contributed by atoms with Gasteiger partial charge in [-0.2, -0.15) is 0 Å². The molecule has 0 aliphatic rings. The molecule has 0 aliphatic heterocycles. The number of benzene rings is 3. The number of nitrogens with zero attached hydrogens (tertiary/aromatic N) is 1. The summed E-state index contributed by atoms with van der Waals surface area (Å²) in [5.41, 5.74) is 2.69. The van der Waals surface area contributed by atoms with E-state index in [9.17, 15) is 18.0 Å². The number of hydrogen-bond acceptors (Lipinski definition) is 2. The Morgan fingerprint density at radius 1 is 1.00 bits per heavy atom.